The van der Waals surface area contributed by atoms with E-state index in [1.165, 1.54) is 13.4 Å². The van der Waals surface area contributed by atoms with Gasteiger partial charge in [-0.3, -0.25) is 10.1 Å². The zero-order valence-electron chi connectivity index (χ0n) is 10.5. The van der Waals surface area contributed by atoms with Crippen LogP contribution in [0.4, 0.5) is 5.69 Å². The fourth-order valence-electron chi connectivity index (χ4n) is 1.50. The van der Waals surface area contributed by atoms with Crippen LogP contribution in [-0.4, -0.2) is 27.1 Å². The van der Waals surface area contributed by atoms with E-state index in [2.05, 4.69) is 9.97 Å². The molecule has 0 fully saturated rings. The SMILES string of the molecule is COc1ncnc(Sc2ccc(CO)cc2)c1[N+](=O)[O-]. The maximum absolute atomic E-state index is 11.1. The third kappa shape index (κ3) is 3.03. The summed E-state index contributed by atoms with van der Waals surface area (Å²) in [6.07, 6.45) is 1.22. The summed E-state index contributed by atoms with van der Waals surface area (Å²) in [7, 11) is 1.32. The van der Waals surface area contributed by atoms with Gasteiger partial charge in [0, 0.05) is 4.90 Å². The first kappa shape index (κ1) is 14.2. The molecule has 2 rings (SSSR count). The average Bonchev–Trinajstić information content (AvgIpc) is 2.47. The Bertz CT molecular complexity index is 619. The predicted octanol–water partition coefficient (Wildman–Crippen LogP) is 2.04. The fraction of sp³-hybridized carbons (Fsp3) is 0.167. The van der Waals surface area contributed by atoms with Gasteiger partial charge in [0.1, 0.15) is 6.33 Å². The van der Waals surface area contributed by atoms with Crippen LogP contribution in [0.25, 0.3) is 0 Å². The van der Waals surface area contributed by atoms with Crippen LogP contribution in [0.2, 0.25) is 0 Å². The summed E-state index contributed by atoms with van der Waals surface area (Å²) < 4.78 is 4.88. The molecule has 0 aliphatic heterocycles. The number of ether oxygens (including phenoxy) is 1. The van der Waals surface area contributed by atoms with E-state index in [0.29, 0.717) is 0 Å². The van der Waals surface area contributed by atoms with Crippen LogP contribution >= 0.6 is 11.8 Å². The van der Waals surface area contributed by atoms with E-state index < -0.39 is 4.92 Å². The van der Waals surface area contributed by atoms with Gasteiger partial charge in [0.25, 0.3) is 5.88 Å². The molecule has 1 heterocycles. The van der Waals surface area contributed by atoms with E-state index in [4.69, 9.17) is 9.84 Å². The normalized spacial score (nSPS) is 10.3. The molecule has 0 unspecified atom stereocenters. The van der Waals surface area contributed by atoms with Gasteiger partial charge in [-0.25, -0.2) is 4.98 Å². The quantitative estimate of drug-likeness (QED) is 0.511. The number of methoxy groups -OCH3 is 1. The molecular weight excluding hydrogens is 282 g/mol. The lowest BCUT2D eigenvalue weighted by Crippen LogP contribution is -1.99. The Morgan fingerprint density at radius 1 is 1.35 bits per heavy atom. The lowest BCUT2D eigenvalue weighted by Gasteiger charge is -2.05. The molecule has 104 valence electrons. The van der Waals surface area contributed by atoms with Crippen LogP contribution in [-0.2, 0) is 6.61 Å². The smallest absolute Gasteiger partial charge is 0.363 e. The van der Waals surface area contributed by atoms with Crippen molar-refractivity contribution in [2.45, 2.75) is 16.5 Å². The molecule has 2 aromatic rings. The van der Waals surface area contributed by atoms with Gasteiger partial charge in [-0.05, 0) is 17.7 Å². The Morgan fingerprint density at radius 2 is 2.05 bits per heavy atom. The zero-order valence-corrected chi connectivity index (χ0v) is 11.3. The Labute approximate surface area is 118 Å². The third-order valence-electron chi connectivity index (χ3n) is 2.45. The van der Waals surface area contributed by atoms with Crippen LogP contribution in [0.5, 0.6) is 5.88 Å². The van der Waals surface area contributed by atoms with Crippen LogP contribution in [0.15, 0.2) is 40.5 Å². The number of aliphatic hydroxyl groups excluding tert-OH is 1. The number of benzene rings is 1. The zero-order chi connectivity index (χ0) is 14.5. The Balaban J connectivity index is 2.34. The molecule has 1 N–H and O–H groups in total. The fourth-order valence-corrected chi connectivity index (χ4v) is 2.36. The summed E-state index contributed by atoms with van der Waals surface area (Å²) >= 11 is 1.14. The molecule has 0 aliphatic carbocycles. The molecular formula is C12H11N3O4S. The van der Waals surface area contributed by atoms with Crippen molar-refractivity contribution >= 4 is 17.4 Å². The summed E-state index contributed by atoms with van der Waals surface area (Å²) in [4.78, 5) is 18.9. The van der Waals surface area contributed by atoms with Crippen molar-refractivity contribution in [3.63, 3.8) is 0 Å². The highest BCUT2D eigenvalue weighted by Gasteiger charge is 2.24. The second-order valence-electron chi connectivity index (χ2n) is 3.70. The monoisotopic (exact) mass is 293 g/mol. The first-order valence-corrected chi connectivity index (χ1v) is 6.38. The first-order valence-electron chi connectivity index (χ1n) is 5.56. The highest BCUT2D eigenvalue weighted by Crippen LogP contribution is 2.37. The molecule has 0 bridgehead atoms. The van der Waals surface area contributed by atoms with Crippen molar-refractivity contribution in [1.82, 2.24) is 9.97 Å². The minimum absolute atomic E-state index is 0.0492. The molecule has 0 atom stereocenters. The molecule has 8 heteroatoms. The number of rotatable bonds is 5. The van der Waals surface area contributed by atoms with Gasteiger partial charge in [0.2, 0.25) is 0 Å². The molecule has 0 amide bonds. The Morgan fingerprint density at radius 3 is 2.60 bits per heavy atom. The van der Waals surface area contributed by atoms with E-state index in [9.17, 15) is 10.1 Å². The summed E-state index contributed by atoms with van der Waals surface area (Å²) in [5.74, 6) is -0.0699. The second-order valence-corrected chi connectivity index (χ2v) is 4.76. The van der Waals surface area contributed by atoms with Gasteiger partial charge in [-0.15, -0.1) is 0 Å². The molecule has 20 heavy (non-hydrogen) atoms. The highest BCUT2D eigenvalue weighted by atomic mass is 32.2. The van der Waals surface area contributed by atoms with Crippen molar-refractivity contribution in [3.8, 4) is 5.88 Å². The lowest BCUT2D eigenvalue weighted by atomic mass is 10.2. The largest absolute Gasteiger partial charge is 0.476 e. The average molecular weight is 293 g/mol. The van der Waals surface area contributed by atoms with Gasteiger partial charge >= 0.3 is 5.69 Å². The van der Waals surface area contributed by atoms with Crippen molar-refractivity contribution in [2.24, 2.45) is 0 Å². The van der Waals surface area contributed by atoms with E-state index in [1.54, 1.807) is 24.3 Å². The van der Waals surface area contributed by atoms with Gasteiger partial charge in [0.05, 0.1) is 18.6 Å². The number of aliphatic hydroxyl groups is 1. The maximum Gasteiger partial charge on any atom is 0.363 e. The van der Waals surface area contributed by atoms with E-state index in [-0.39, 0.29) is 23.2 Å². The van der Waals surface area contributed by atoms with Gasteiger partial charge in [-0.2, -0.15) is 4.98 Å². The Kier molecular flexibility index (Phi) is 4.49. The van der Waals surface area contributed by atoms with Crippen LogP contribution < -0.4 is 4.74 Å². The minimum Gasteiger partial charge on any atom is -0.476 e. The lowest BCUT2D eigenvalue weighted by molar-refractivity contribution is -0.389. The number of hydrogen-bond acceptors (Lipinski definition) is 7. The molecule has 1 aromatic heterocycles. The van der Waals surface area contributed by atoms with Crippen LogP contribution in [0.1, 0.15) is 5.56 Å². The van der Waals surface area contributed by atoms with Gasteiger partial charge < -0.3 is 9.84 Å². The number of hydrogen-bond donors (Lipinski definition) is 1. The number of aromatic nitrogens is 2. The van der Waals surface area contributed by atoms with Crippen LogP contribution in [0.3, 0.4) is 0 Å². The van der Waals surface area contributed by atoms with Crippen LogP contribution in [0, 0.1) is 10.1 Å². The molecule has 0 saturated carbocycles. The standard InChI is InChI=1S/C12H11N3O4S/c1-19-11-10(15(17)18)12(14-7-13-11)20-9-4-2-8(6-16)3-5-9/h2-5,7,16H,6H2,1H3. The number of nitro groups is 1. The maximum atomic E-state index is 11.1. The van der Waals surface area contributed by atoms with E-state index in [1.807, 2.05) is 0 Å². The van der Waals surface area contributed by atoms with E-state index in [0.717, 1.165) is 22.2 Å². The first-order chi connectivity index (χ1) is 9.65. The molecule has 0 saturated heterocycles. The molecule has 0 spiro atoms. The molecule has 1 aromatic carbocycles. The van der Waals surface area contributed by atoms with E-state index >= 15 is 0 Å². The summed E-state index contributed by atoms with van der Waals surface area (Å²) in [5.41, 5.74) is 0.510. The van der Waals surface area contributed by atoms with Crippen molar-refractivity contribution in [1.29, 1.82) is 0 Å². The summed E-state index contributed by atoms with van der Waals surface area (Å²) in [6, 6.07) is 7.00. The molecule has 0 aliphatic rings. The highest BCUT2D eigenvalue weighted by molar-refractivity contribution is 7.99. The molecule has 0 radical (unpaired) electrons. The number of nitrogens with zero attached hydrogens (tertiary/aromatic N) is 3. The minimum atomic E-state index is -0.566. The topological polar surface area (TPSA) is 98.4 Å². The summed E-state index contributed by atoms with van der Waals surface area (Å²) in [6.45, 7) is -0.0492. The van der Waals surface area contributed by atoms with Gasteiger partial charge in [-0.1, -0.05) is 23.9 Å². The Hall–Kier alpha value is -2.19. The van der Waals surface area contributed by atoms with Crippen molar-refractivity contribution in [3.05, 3.63) is 46.3 Å². The third-order valence-corrected chi connectivity index (χ3v) is 3.45. The molecule has 7 nitrogen and oxygen atoms in total. The van der Waals surface area contributed by atoms with Crippen molar-refractivity contribution < 1.29 is 14.8 Å². The predicted molar refractivity (Wildman–Crippen MR) is 71.7 cm³/mol. The summed E-state index contributed by atoms with van der Waals surface area (Å²) in [5, 5.41) is 20.3. The second kappa shape index (κ2) is 6.31. The van der Waals surface area contributed by atoms with Gasteiger partial charge in [0.15, 0.2) is 5.03 Å². The van der Waals surface area contributed by atoms with Crippen molar-refractivity contribution in [2.75, 3.05) is 7.11 Å².